The highest BCUT2D eigenvalue weighted by Crippen LogP contribution is 2.25. The Hall–Kier alpha value is -1.22. The molecule has 0 spiro atoms. The molecule has 1 unspecified atom stereocenters. The molecule has 8 heteroatoms. The number of carboxylic acid groups (broad SMARTS) is 1. The van der Waals surface area contributed by atoms with Crippen LogP contribution in [0.3, 0.4) is 0 Å². The molecule has 2 rings (SSSR count). The van der Waals surface area contributed by atoms with Crippen LogP contribution < -0.4 is 4.72 Å². The van der Waals surface area contributed by atoms with Crippen LogP contribution in [0.25, 0.3) is 0 Å². The van der Waals surface area contributed by atoms with Crippen LogP contribution in [0.4, 0.5) is 0 Å². The van der Waals surface area contributed by atoms with E-state index in [-0.39, 0.29) is 4.90 Å². The number of benzene rings is 1. The summed E-state index contributed by atoms with van der Waals surface area (Å²) in [4.78, 5) is 11.7. The lowest BCUT2D eigenvalue weighted by molar-refractivity contribution is -0.139. The van der Waals surface area contributed by atoms with E-state index >= 15 is 0 Å². The minimum absolute atomic E-state index is 0.00260. The van der Waals surface area contributed by atoms with Crippen LogP contribution >= 0.6 is 27.3 Å². The predicted octanol–water partition coefficient (Wildman–Crippen LogP) is 2.61. The predicted molar refractivity (Wildman–Crippen MR) is 79.2 cm³/mol. The maximum atomic E-state index is 12.3. The van der Waals surface area contributed by atoms with Gasteiger partial charge in [-0.15, -0.1) is 11.3 Å². The molecule has 106 valence electrons. The molecule has 0 saturated carbocycles. The van der Waals surface area contributed by atoms with Gasteiger partial charge < -0.3 is 5.11 Å². The molecule has 0 amide bonds. The van der Waals surface area contributed by atoms with Gasteiger partial charge in [0.25, 0.3) is 0 Å². The zero-order chi connectivity index (χ0) is 14.8. The summed E-state index contributed by atoms with van der Waals surface area (Å²) in [6, 6.07) is 8.17. The number of halogens is 1. The van der Waals surface area contributed by atoms with Crippen molar-refractivity contribution < 1.29 is 18.3 Å². The highest BCUT2D eigenvalue weighted by molar-refractivity contribution is 9.10. The van der Waals surface area contributed by atoms with Gasteiger partial charge in [-0.25, -0.2) is 8.42 Å². The molecule has 0 fully saturated rings. The van der Waals surface area contributed by atoms with Crippen molar-refractivity contribution in [3.8, 4) is 0 Å². The van der Waals surface area contributed by atoms with Crippen molar-refractivity contribution in [2.24, 2.45) is 0 Å². The summed E-state index contributed by atoms with van der Waals surface area (Å²) in [6.07, 6.45) is 0. The summed E-state index contributed by atoms with van der Waals surface area (Å²) < 4.78 is 27.1. The van der Waals surface area contributed by atoms with Crippen molar-refractivity contribution in [2.75, 3.05) is 0 Å². The Morgan fingerprint density at radius 3 is 2.50 bits per heavy atom. The van der Waals surface area contributed by atoms with Gasteiger partial charge in [0.05, 0.1) is 4.90 Å². The van der Waals surface area contributed by atoms with E-state index in [2.05, 4.69) is 20.7 Å². The van der Waals surface area contributed by atoms with Gasteiger partial charge in [0, 0.05) is 9.35 Å². The van der Waals surface area contributed by atoms with Crippen molar-refractivity contribution in [1.29, 1.82) is 0 Å². The number of sulfonamides is 1. The molecule has 2 N–H and O–H groups in total. The number of rotatable bonds is 5. The van der Waals surface area contributed by atoms with Crippen LogP contribution in [0, 0.1) is 0 Å². The molecule has 0 bridgehead atoms. The molecule has 1 atom stereocenters. The number of hydrogen-bond donors (Lipinski definition) is 2. The SMILES string of the molecule is O=C(O)C(NS(=O)(=O)c1ccccc1Br)c1cccs1. The Morgan fingerprint density at radius 1 is 1.25 bits per heavy atom. The van der Waals surface area contributed by atoms with Crippen molar-refractivity contribution >= 4 is 43.3 Å². The lowest BCUT2D eigenvalue weighted by Gasteiger charge is -2.14. The first kappa shape index (κ1) is 15.2. The van der Waals surface area contributed by atoms with E-state index in [0.717, 1.165) is 0 Å². The second-order valence-corrected chi connectivity index (χ2v) is 7.35. The van der Waals surface area contributed by atoms with Crippen LogP contribution in [0.5, 0.6) is 0 Å². The number of nitrogens with one attached hydrogen (secondary N) is 1. The second kappa shape index (κ2) is 6.04. The first-order valence-electron chi connectivity index (χ1n) is 5.45. The smallest absolute Gasteiger partial charge is 0.327 e. The highest BCUT2D eigenvalue weighted by Gasteiger charge is 2.28. The van der Waals surface area contributed by atoms with Crippen LogP contribution in [-0.4, -0.2) is 19.5 Å². The third-order valence-electron chi connectivity index (χ3n) is 2.47. The first-order valence-corrected chi connectivity index (χ1v) is 8.60. The van der Waals surface area contributed by atoms with E-state index in [1.807, 2.05) is 0 Å². The van der Waals surface area contributed by atoms with Crippen LogP contribution in [0.1, 0.15) is 10.9 Å². The quantitative estimate of drug-likeness (QED) is 0.840. The van der Waals surface area contributed by atoms with Gasteiger partial charge in [0.1, 0.15) is 0 Å². The average Bonchev–Trinajstić information content (AvgIpc) is 2.89. The van der Waals surface area contributed by atoms with Gasteiger partial charge in [-0.2, -0.15) is 4.72 Å². The summed E-state index contributed by atoms with van der Waals surface area (Å²) >= 11 is 4.32. The Balaban J connectivity index is 2.36. The second-order valence-electron chi connectivity index (χ2n) is 3.84. The average molecular weight is 376 g/mol. The van der Waals surface area contributed by atoms with E-state index in [1.165, 1.54) is 17.4 Å². The van der Waals surface area contributed by atoms with Crippen LogP contribution in [0.2, 0.25) is 0 Å². The van der Waals surface area contributed by atoms with Gasteiger partial charge in [0.15, 0.2) is 6.04 Å². The summed E-state index contributed by atoms with van der Waals surface area (Å²) in [5.74, 6) is -1.25. The van der Waals surface area contributed by atoms with E-state index in [9.17, 15) is 18.3 Å². The molecule has 1 aromatic heterocycles. The molecular weight excluding hydrogens is 366 g/mol. The molecule has 0 radical (unpaired) electrons. The third-order valence-corrected chi connectivity index (χ3v) is 5.85. The Kier molecular flexibility index (Phi) is 4.59. The molecule has 1 aromatic carbocycles. The standard InChI is InChI=1S/C12H10BrNO4S2/c13-8-4-1-2-6-10(8)20(17,18)14-11(12(15)16)9-5-3-7-19-9/h1-7,11,14H,(H,15,16). The summed E-state index contributed by atoms with van der Waals surface area (Å²) in [5.41, 5.74) is 0. The van der Waals surface area contributed by atoms with Crippen LogP contribution in [0.15, 0.2) is 51.1 Å². The largest absolute Gasteiger partial charge is 0.480 e. The number of carboxylic acids is 1. The summed E-state index contributed by atoms with van der Waals surface area (Å²) in [6.45, 7) is 0. The highest BCUT2D eigenvalue weighted by atomic mass is 79.9. The van der Waals surface area contributed by atoms with Gasteiger partial charge in [0.2, 0.25) is 10.0 Å². The van der Waals surface area contributed by atoms with Gasteiger partial charge in [-0.1, -0.05) is 18.2 Å². The van der Waals surface area contributed by atoms with Crippen molar-refractivity contribution in [2.45, 2.75) is 10.9 Å². The van der Waals surface area contributed by atoms with Crippen molar-refractivity contribution in [1.82, 2.24) is 4.72 Å². The molecule has 0 aliphatic rings. The fraction of sp³-hybridized carbons (Fsp3) is 0.0833. The van der Waals surface area contributed by atoms with E-state index in [1.54, 1.807) is 35.7 Å². The number of hydrogen-bond acceptors (Lipinski definition) is 4. The number of aliphatic carboxylic acids is 1. The van der Waals surface area contributed by atoms with Gasteiger partial charge in [-0.05, 0) is 39.5 Å². The molecule has 0 aliphatic carbocycles. The topological polar surface area (TPSA) is 83.5 Å². The van der Waals surface area contributed by atoms with Gasteiger partial charge >= 0.3 is 5.97 Å². The molecule has 1 heterocycles. The minimum Gasteiger partial charge on any atom is -0.480 e. The van der Waals surface area contributed by atoms with Crippen molar-refractivity contribution in [3.63, 3.8) is 0 Å². The first-order chi connectivity index (χ1) is 9.42. The maximum absolute atomic E-state index is 12.3. The molecular formula is C12H10BrNO4S2. The van der Waals surface area contributed by atoms with Crippen LogP contribution in [-0.2, 0) is 14.8 Å². The Morgan fingerprint density at radius 2 is 1.95 bits per heavy atom. The number of thiophene rings is 1. The maximum Gasteiger partial charge on any atom is 0.327 e. The van der Waals surface area contributed by atoms with Gasteiger partial charge in [-0.3, -0.25) is 4.79 Å². The normalized spacial score (nSPS) is 13.1. The third kappa shape index (κ3) is 3.26. The van der Waals surface area contributed by atoms with E-state index < -0.39 is 22.0 Å². The molecule has 2 aromatic rings. The molecule has 20 heavy (non-hydrogen) atoms. The summed E-state index contributed by atoms with van der Waals surface area (Å²) in [5, 5.41) is 10.9. The Labute approximate surface area is 128 Å². The zero-order valence-electron chi connectivity index (χ0n) is 9.99. The molecule has 5 nitrogen and oxygen atoms in total. The van der Waals surface area contributed by atoms with E-state index in [0.29, 0.717) is 9.35 Å². The molecule has 0 saturated heterocycles. The fourth-order valence-corrected chi connectivity index (χ4v) is 4.58. The van der Waals surface area contributed by atoms with Crippen molar-refractivity contribution in [3.05, 3.63) is 51.1 Å². The lowest BCUT2D eigenvalue weighted by Crippen LogP contribution is -2.33. The molecule has 0 aliphatic heterocycles. The Bertz CT molecular complexity index is 713. The summed E-state index contributed by atoms with van der Waals surface area (Å²) in [7, 11) is -3.93. The zero-order valence-corrected chi connectivity index (χ0v) is 13.2. The van der Waals surface area contributed by atoms with E-state index in [4.69, 9.17) is 0 Å². The fourth-order valence-electron chi connectivity index (χ4n) is 1.57. The lowest BCUT2D eigenvalue weighted by atomic mass is 10.3. The monoisotopic (exact) mass is 375 g/mol. The number of carbonyl (C=O) groups is 1. The minimum atomic E-state index is -3.93.